The van der Waals surface area contributed by atoms with Crippen LogP contribution < -0.4 is 5.32 Å². The fourth-order valence-electron chi connectivity index (χ4n) is 1.44. The van der Waals surface area contributed by atoms with Crippen molar-refractivity contribution in [3.8, 4) is 0 Å². The molecule has 1 aromatic heterocycles. The summed E-state index contributed by atoms with van der Waals surface area (Å²) < 4.78 is 0. The predicted molar refractivity (Wildman–Crippen MR) is 73.1 cm³/mol. The Labute approximate surface area is 103 Å². The van der Waals surface area contributed by atoms with Crippen molar-refractivity contribution in [3.05, 3.63) is 23.9 Å². The van der Waals surface area contributed by atoms with Crippen molar-refractivity contribution in [1.82, 2.24) is 9.88 Å². The highest BCUT2D eigenvalue weighted by molar-refractivity contribution is 7.98. The van der Waals surface area contributed by atoms with Crippen LogP contribution in [0.1, 0.15) is 12.5 Å². The van der Waals surface area contributed by atoms with Gasteiger partial charge in [-0.15, -0.1) is 0 Å². The van der Waals surface area contributed by atoms with Gasteiger partial charge in [0.05, 0.1) is 0 Å². The van der Waals surface area contributed by atoms with E-state index in [-0.39, 0.29) is 0 Å². The van der Waals surface area contributed by atoms with Crippen LogP contribution in [-0.2, 0) is 6.54 Å². The van der Waals surface area contributed by atoms with Crippen molar-refractivity contribution >= 4 is 17.6 Å². The Hall–Kier alpha value is -0.740. The third kappa shape index (κ3) is 4.86. The Kier molecular flexibility index (Phi) is 6.26. The molecule has 0 radical (unpaired) electrons. The van der Waals surface area contributed by atoms with Crippen LogP contribution >= 0.6 is 11.8 Å². The van der Waals surface area contributed by atoms with E-state index >= 15 is 0 Å². The molecule has 1 aromatic rings. The van der Waals surface area contributed by atoms with Gasteiger partial charge in [0.2, 0.25) is 0 Å². The molecule has 0 amide bonds. The van der Waals surface area contributed by atoms with Crippen LogP contribution in [0.4, 0.5) is 5.82 Å². The SMILES string of the molecule is CCNc1ccc(CN(C)CCSC)cn1. The van der Waals surface area contributed by atoms with E-state index < -0.39 is 0 Å². The molecule has 0 aliphatic carbocycles. The van der Waals surface area contributed by atoms with E-state index in [4.69, 9.17) is 0 Å². The molecule has 0 aliphatic heterocycles. The second-order valence-electron chi connectivity index (χ2n) is 3.81. The number of pyridine rings is 1. The van der Waals surface area contributed by atoms with Crippen molar-refractivity contribution < 1.29 is 0 Å². The van der Waals surface area contributed by atoms with Gasteiger partial charge in [-0.1, -0.05) is 6.07 Å². The topological polar surface area (TPSA) is 28.2 Å². The molecule has 1 rings (SSSR count). The number of hydrogen-bond donors (Lipinski definition) is 1. The molecule has 90 valence electrons. The van der Waals surface area contributed by atoms with E-state index in [1.165, 1.54) is 11.3 Å². The summed E-state index contributed by atoms with van der Waals surface area (Å²) in [5.74, 6) is 2.14. The molecule has 0 atom stereocenters. The molecule has 4 heteroatoms. The standard InChI is InChI=1S/C12H21N3S/c1-4-13-12-6-5-11(9-14-12)10-15(2)7-8-16-3/h5-6,9H,4,7-8,10H2,1-3H3,(H,13,14). The average Bonchev–Trinajstić information content (AvgIpc) is 2.29. The Bertz CT molecular complexity index is 287. The highest BCUT2D eigenvalue weighted by Gasteiger charge is 2.00. The van der Waals surface area contributed by atoms with Gasteiger partial charge in [0, 0.05) is 31.6 Å². The molecule has 0 aromatic carbocycles. The fraction of sp³-hybridized carbons (Fsp3) is 0.583. The number of nitrogens with one attached hydrogen (secondary N) is 1. The molecule has 0 unspecified atom stereocenters. The van der Waals surface area contributed by atoms with Crippen LogP contribution in [0.3, 0.4) is 0 Å². The number of nitrogens with zero attached hydrogens (tertiary/aromatic N) is 2. The highest BCUT2D eigenvalue weighted by atomic mass is 32.2. The lowest BCUT2D eigenvalue weighted by molar-refractivity contribution is 0.348. The van der Waals surface area contributed by atoms with Gasteiger partial charge in [0.15, 0.2) is 0 Å². The van der Waals surface area contributed by atoms with E-state index in [0.717, 1.165) is 25.5 Å². The fourth-order valence-corrected chi connectivity index (χ4v) is 1.94. The smallest absolute Gasteiger partial charge is 0.125 e. The molecule has 0 fully saturated rings. The molecule has 0 saturated heterocycles. The van der Waals surface area contributed by atoms with E-state index in [2.05, 4.69) is 41.5 Å². The Morgan fingerprint density at radius 1 is 1.44 bits per heavy atom. The van der Waals surface area contributed by atoms with Gasteiger partial charge in [-0.2, -0.15) is 11.8 Å². The minimum Gasteiger partial charge on any atom is -0.370 e. The van der Waals surface area contributed by atoms with Gasteiger partial charge >= 0.3 is 0 Å². The summed E-state index contributed by atoms with van der Waals surface area (Å²) >= 11 is 1.88. The van der Waals surface area contributed by atoms with Gasteiger partial charge in [-0.3, -0.25) is 0 Å². The lowest BCUT2D eigenvalue weighted by Gasteiger charge is -2.15. The lowest BCUT2D eigenvalue weighted by atomic mass is 10.2. The third-order valence-electron chi connectivity index (χ3n) is 2.31. The number of hydrogen-bond acceptors (Lipinski definition) is 4. The van der Waals surface area contributed by atoms with Crippen molar-refractivity contribution in [3.63, 3.8) is 0 Å². The van der Waals surface area contributed by atoms with Crippen LogP contribution in [0, 0.1) is 0 Å². The third-order valence-corrected chi connectivity index (χ3v) is 2.90. The summed E-state index contributed by atoms with van der Waals surface area (Å²) in [4.78, 5) is 6.68. The molecule has 0 bridgehead atoms. The van der Waals surface area contributed by atoms with Crippen molar-refractivity contribution in [2.45, 2.75) is 13.5 Å². The quantitative estimate of drug-likeness (QED) is 0.790. The highest BCUT2D eigenvalue weighted by Crippen LogP contribution is 2.07. The van der Waals surface area contributed by atoms with Gasteiger partial charge < -0.3 is 10.2 Å². The summed E-state index contributed by atoms with van der Waals surface area (Å²) in [7, 11) is 2.15. The monoisotopic (exact) mass is 239 g/mol. The summed E-state index contributed by atoms with van der Waals surface area (Å²) in [6.07, 6.45) is 4.09. The van der Waals surface area contributed by atoms with Crippen molar-refractivity contribution in [2.75, 3.05) is 37.5 Å². The van der Waals surface area contributed by atoms with Gasteiger partial charge in [-0.05, 0) is 31.9 Å². The number of aromatic nitrogens is 1. The van der Waals surface area contributed by atoms with Crippen LogP contribution in [0.15, 0.2) is 18.3 Å². The maximum absolute atomic E-state index is 4.36. The molecule has 16 heavy (non-hydrogen) atoms. The van der Waals surface area contributed by atoms with Crippen LogP contribution in [0.25, 0.3) is 0 Å². The molecule has 1 N–H and O–H groups in total. The van der Waals surface area contributed by atoms with Gasteiger partial charge in [0.1, 0.15) is 5.82 Å². The largest absolute Gasteiger partial charge is 0.370 e. The van der Waals surface area contributed by atoms with E-state index in [1.54, 1.807) is 0 Å². The first-order valence-electron chi connectivity index (χ1n) is 5.62. The number of thioether (sulfide) groups is 1. The Morgan fingerprint density at radius 3 is 2.81 bits per heavy atom. The zero-order valence-corrected chi connectivity index (χ0v) is 11.2. The molecule has 0 saturated carbocycles. The van der Waals surface area contributed by atoms with E-state index in [9.17, 15) is 0 Å². The normalized spacial score (nSPS) is 10.8. The molecular formula is C12H21N3S. The second kappa shape index (κ2) is 7.52. The predicted octanol–water partition coefficient (Wildman–Crippen LogP) is 2.31. The van der Waals surface area contributed by atoms with Crippen LogP contribution in [-0.4, -0.2) is 42.0 Å². The lowest BCUT2D eigenvalue weighted by Crippen LogP contribution is -2.20. The molecule has 0 aliphatic rings. The molecule has 0 spiro atoms. The first-order chi connectivity index (χ1) is 7.76. The summed E-state index contributed by atoms with van der Waals surface area (Å²) in [6.45, 7) is 5.09. The maximum Gasteiger partial charge on any atom is 0.125 e. The maximum atomic E-state index is 4.36. The molecule has 3 nitrogen and oxygen atoms in total. The Morgan fingerprint density at radius 2 is 2.25 bits per heavy atom. The zero-order valence-electron chi connectivity index (χ0n) is 10.4. The van der Waals surface area contributed by atoms with Gasteiger partial charge in [0.25, 0.3) is 0 Å². The minimum atomic E-state index is 0.917. The Balaban J connectivity index is 2.41. The second-order valence-corrected chi connectivity index (χ2v) is 4.80. The van der Waals surface area contributed by atoms with Crippen LogP contribution in [0.2, 0.25) is 0 Å². The summed E-state index contributed by atoms with van der Waals surface area (Å²) in [6, 6.07) is 4.18. The average molecular weight is 239 g/mol. The zero-order chi connectivity index (χ0) is 11.8. The van der Waals surface area contributed by atoms with Crippen LogP contribution in [0.5, 0.6) is 0 Å². The molecular weight excluding hydrogens is 218 g/mol. The first kappa shape index (κ1) is 13.3. The first-order valence-corrected chi connectivity index (χ1v) is 7.02. The minimum absolute atomic E-state index is 0.917. The van der Waals surface area contributed by atoms with Crippen molar-refractivity contribution in [2.24, 2.45) is 0 Å². The molecule has 1 heterocycles. The van der Waals surface area contributed by atoms with Crippen molar-refractivity contribution in [1.29, 1.82) is 0 Å². The van der Waals surface area contributed by atoms with E-state index in [0.29, 0.717) is 0 Å². The number of anilines is 1. The van der Waals surface area contributed by atoms with Gasteiger partial charge in [-0.25, -0.2) is 4.98 Å². The van der Waals surface area contributed by atoms with E-state index in [1.807, 2.05) is 24.0 Å². The number of rotatable bonds is 7. The summed E-state index contributed by atoms with van der Waals surface area (Å²) in [5, 5.41) is 3.19. The summed E-state index contributed by atoms with van der Waals surface area (Å²) in [5.41, 5.74) is 1.27.